The molecule has 6 nitrogen and oxygen atoms in total. The Morgan fingerprint density at radius 3 is 2.40 bits per heavy atom. The highest BCUT2D eigenvalue weighted by molar-refractivity contribution is 6.30. The van der Waals surface area contributed by atoms with Crippen LogP contribution in [0, 0.1) is 0 Å². The molecule has 0 aliphatic heterocycles. The lowest BCUT2D eigenvalue weighted by Crippen LogP contribution is -2.46. The van der Waals surface area contributed by atoms with Crippen molar-refractivity contribution in [3.05, 3.63) is 21.0 Å². The lowest BCUT2D eigenvalue weighted by atomic mass is 9.94. The Morgan fingerprint density at radius 2 is 1.85 bits per heavy atom. The fourth-order valence-corrected chi connectivity index (χ4v) is 3.11. The number of hydrogen-bond acceptors (Lipinski definition) is 4. The van der Waals surface area contributed by atoms with E-state index in [1.54, 1.807) is 26.0 Å². The molecule has 1 fully saturated rings. The molecular weight excluding hydrogens is 303 g/mol. The van der Waals surface area contributed by atoms with Gasteiger partial charge in [-0.15, -0.1) is 23.2 Å². The molecule has 1 aromatic rings. The molecule has 3 atom stereocenters. The molecule has 0 spiro atoms. The minimum atomic E-state index is -0.529. The maximum absolute atomic E-state index is 12.4. The van der Waals surface area contributed by atoms with E-state index in [9.17, 15) is 9.59 Å². The molecule has 1 saturated carbocycles. The molecule has 20 heavy (non-hydrogen) atoms. The molecule has 8 heteroatoms. The van der Waals surface area contributed by atoms with Crippen LogP contribution in [0.25, 0.3) is 0 Å². The predicted molar refractivity (Wildman–Crippen MR) is 80.2 cm³/mol. The highest BCUT2D eigenvalue weighted by Crippen LogP contribution is 2.33. The van der Waals surface area contributed by atoms with E-state index in [2.05, 4.69) is 4.98 Å². The van der Waals surface area contributed by atoms with Gasteiger partial charge in [0.05, 0.1) is 10.8 Å². The highest BCUT2D eigenvalue weighted by atomic mass is 35.5. The average Bonchev–Trinajstić information content (AvgIpc) is 2.38. The SMILES string of the molecule is CN(C)c1nc(=O)n(C2CCC(Cl)C(Cl)C2)c(=O)n1C. The molecule has 0 aromatic carbocycles. The Labute approximate surface area is 126 Å². The number of alkyl halides is 2. The van der Waals surface area contributed by atoms with Crippen molar-refractivity contribution in [1.82, 2.24) is 14.1 Å². The Morgan fingerprint density at radius 1 is 1.20 bits per heavy atom. The van der Waals surface area contributed by atoms with Crippen LogP contribution < -0.4 is 16.3 Å². The molecule has 1 aliphatic carbocycles. The summed E-state index contributed by atoms with van der Waals surface area (Å²) in [6.07, 6.45) is 1.86. The summed E-state index contributed by atoms with van der Waals surface area (Å²) in [5.74, 6) is 0.338. The summed E-state index contributed by atoms with van der Waals surface area (Å²) < 4.78 is 2.57. The van der Waals surface area contributed by atoms with Gasteiger partial charge < -0.3 is 4.90 Å². The van der Waals surface area contributed by atoms with Gasteiger partial charge in [-0.25, -0.2) is 14.2 Å². The van der Waals surface area contributed by atoms with Crippen molar-refractivity contribution in [2.24, 2.45) is 7.05 Å². The fraction of sp³-hybridized carbons (Fsp3) is 0.750. The van der Waals surface area contributed by atoms with Gasteiger partial charge in [0.2, 0.25) is 5.95 Å². The summed E-state index contributed by atoms with van der Waals surface area (Å²) in [5, 5.41) is -0.345. The van der Waals surface area contributed by atoms with Gasteiger partial charge >= 0.3 is 11.4 Å². The largest absolute Gasteiger partial charge is 0.355 e. The fourth-order valence-electron chi connectivity index (χ4n) is 2.55. The first kappa shape index (κ1) is 15.4. The van der Waals surface area contributed by atoms with Gasteiger partial charge in [0.15, 0.2) is 0 Å². The Hall–Kier alpha value is -1.01. The van der Waals surface area contributed by atoms with Crippen LogP contribution in [0.2, 0.25) is 0 Å². The third kappa shape index (κ3) is 2.72. The minimum absolute atomic E-state index is 0.110. The van der Waals surface area contributed by atoms with E-state index in [1.807, 2.05) is 0 Å². The van der Waals surface area contributed by atoms with Crippen LogP contribution in [0.1, 0.15) is 25.3 Å². The molecule has 1 heterocycles. The summed E-state index contributed by atoms with van der Waals surface area (Å²) in [6.45, 7) is 0. The van der Waals surface area contributed by atoms with Gasteiger partial charge in [0.1, 0.15) is 0 Å². The van der Waals surface area contributed by atoms with E-state index in [1.165, 1.54) is 9.13 Å². The zero-order chi connectivity index (χ0) is 15.0. The van der Waals surface area contributed by atoms with Crippen molar-refractivity contribution in [2.75, 3.05) is 19.0 Å². The van der Waals surface area contributed by atoms with Gasteiger partial charge in [-0.3, -0.25) is 4.57 Å². The summed E-state index contributed by atoms with van der Waals surface area (Å²) in [7, 11) is 5.07. The molecule has 0 amide bonds. The van der Waals surface area contributed by atoms with Crippen molar-refractivity contribution in [1.29, 1.82) is 0 Å². The van der Waals surface area contributed by atoms with Gasteiger partial charge in [-0.1, -0.05) is 0 Å². The Bertz CT molecular complexity index is 610. The maximum Gasteiger partial charge on any atom is 0.355 e. The molecule has 0 radical (unpaired) electrons. The second-order valence-electron chi connectivity index (χ2n) is 5.30. The third-order valence-electron chi connectivity index (χ3n) is 3.63. The molecule has 1 aromatic heterocycles. The van der Waals surface area contributed by atoms with Crippen molar-refractivity contribution >= 4 is 29.2 Å². The van der Waals surface area contributed by atoms with Crippen LogP contribution in [-0.4, -0.2) is 39.0 Å². The standard InChI is InChI=1S/C12H18Cl2N4O2/c1-16(2)10-15-11(19)18(12(20)17(10)3)7-4-5-8(13)9(14)6-7/h7-9H,4-6H2,1-3H3. The molecule has 0 bridgehead atoms. The van der Waals surface area contributed by atoms with E-state index in [4.69, 9.17) is 23.2 Å². The summed E-state index contributed by atoms with van der Waals surface area (Å²) >= 11 is 12.2. The van der Waals surface area contributed by atoms with Crippen molar-refractivity contribution in [3.63, 3.8) is 0 Å². The van der Waals surface area contributed by atoms with Crippen LogP contribution in [0.3, 0.4) is 0 Å². The molecule has 1 aliphatic rings. The zero-order valence-corrected chi connectivity index (χ0v) is 13.2. The molecular formula is C12H18Cl2N4O2. The average molecular weight is 321 g/mol. The van der Waals surface area contributed by atoms with Crippen LogP contribution in [0.4, 0.5) is 5.95 Å². The van der Waals surface area contributed by atoms with Crippen LogP contribution >= 0.6 is 23.2 Å². The lowest BCUT2D eigenvalue weighted by molar-refractivity contribution is 0.333. The topological polar surface area (TPSA) is 60.1 Å². The molecule has 3 unspecified atom stereocenters. The predicted octanol–water partition coefficient (Wildman–Crippen LogP) is 0.948. The van der Waals surface area contributed by atoms with Crippen LogP contribution in [0.5, 0.6) is 0 Å². The first-order valence-electron chi connectivity index (χ1n) is 6.48. The molecule has 112 valence electrons. The zero-order valence-electron chi connectivity index (χ0n) is 11.7. The molecule has 2 rings (SSSR count). The highest BCUT2D eigenvalue weighted by Gasteiger charge is 2.31. The number of aromatic nitrogens is 3. The number of rotatable bonds is 2. The number of halogens is 2. The monoisotopic (exact) mass is 320 g/mol. The van der Waals surface area contributed by atoms with Gasteiger partial charge in [0.25, 0.3) is 0 Å². The van der Waals surface area contributed by atoms with Crippen molar-refractivity contribution in [2.45, 2.75) is 36.1 Å². The van der Waals surface area contributed by atoms with E-state index in [-0.39, 0.29) is 22.5 Å². The number of anilines is 1. The van der Waals surface area contributed by atoms with E-state index >= 15 is 0 Å². The summed E-state index contributed by atoms with van der Waals surface area (Å²) in [5.41, 5.74) is -0.894. The summed E-state index contributed by atoms with van der Waals surface area (Å²) in [6, 6.07) is -0.234. The summed E-state index contributed by atoms with van der Waals surface area (Å²) in [4.78, 5) is 30.1. The first-order chi connectivity index (χ1) is 9.32. The smallest absolute Gasteiger partial charge is 0.348 e. The molecule has 0 saturated heterocycles. The van der Waals surface area contributed by atoms with Crippen molar-refractivity contribution < 1.29 is 0 Å². The first-order valence-corrected chi connectivity index (χ1v) is 7.35. The quantitative estimate of drug-likeness (QED) is 0.761. The number of hydrogen-bond donors (Lipinski definition) is 0. The lowest BCUT2D eigenvalue weighted by Gasteiger charge is -2.30. The van der Waals surface area contributed by atoms with E-state index < -0.39 is 5.69 Å². The second-order valence-corrected chi connectivity index (χ2v) is 6.42. The minimum Gasteiger partial charge on any atom is -0.348 e. The van der Waals surface area contributed by atoms with Gasteiger partial charge in [-0.2, -0.15) is 4.98 Å². The van der Waals surface area contributed by atoms with Crippen molar-refractivity contribution in [3.8, 4) is 0 Å². The van der Waals surface area contributed by atoms with E-state index in [0.717, 1.165) is 0 Å². The maximum atomic E-state index is 12.4. The Balaban J connectivity index is 2.46. The van der Waals surface area contributed by atoms with Gasteiger partial charge in [0, 0.05) is 27.2 Å². The molecule has 0 N–H and O–H groups in total. The van der Waals surface area contributed by atoms with E-state index in [0.29, 0.717) is 25.2 Å². The van der Waals surface area contributed by atoms with Crippen LogP contribution in [0.15, 0.2) is 9.59 Å². The second kappa shape index (κ2) is 5.77. The van der Waals surface area contributed by atoms with Gasteiger partial charge in [-0.05, 0) is 19.3 Å². The number of nitrogens with zero attached hydrogens (tertiary/aromatic N) is 4. The normalized spacial score (nSPS) is 26.6. The third-order valence-corrected chi connectivity index (χ3v) is 4.76. The van der Waals surface area contributed by atoms with Crippen LogP contribution in [-0.2, 0) is 7.05 Å². The Kier molecular flexibility index (Phi) is 4.44.